The monoisotopic (exact) mass is 616 g/mol. The van der Waals surface area contributed by atoms with Gasteiger partial charge >= 0.3 is 0 Å². The van der Waals surface area contributed by atoms with Crippen molar-refractivity contribution in [3.63, 3.8) is 0 Å². The number of amides is 2. The van der Waals surface area contributed by atoms with Gasteiger partial charge in [-0.05, 0) is 59.6 Å². The average Bonchev–Trinajstić information content (AvgIpc) is 2.98. The number of carbonyl (C=O) groups is 7. The normalized spacial score (nSPS) is 27.4. The Morgan fingerprint density at radius 1 is 1.00 bits per heavy atom. The summed E-state index contributed by atoms with van der Waals surface area (Å²) in [6.45, 7) is 5.13. The van der Waals surface area contributed by atoms with Crippen molar-refractivity contribution < 1.29 is 43.8 Å². The van der Waals surface area contributed by atoms with Crippen LogP contribution in [0, 0.1) is 35.5 Å². The van der Waals surface area contributed by atoms with Crippen molar-refractivity contribution in [1.82, 2.24) is 0 Å². The van der Waals surface area contributed by atoms with Crippen LogP contribution in [-0.2, 0) is 35.2 Å². The number of nitrogens with two attached hydrogens (primary N) is 1. The van der Waals surface area contributed by atoms with Crippen molar-refractivity contribution in [2.75, 3.05) is 5.32 Å². The first-order valence-corrected chi connectivity index (χ1v) is 15.2. The van der Waals surface area contributed by atoms with E-state index in [1.165, 1.54) is 6.07 Å². The molecule has 2 fully saturated rings. The summed E-state index contributed by atoms with van der Waals surface area (Å²) < 4.78 is 0. The Hall–Kier alpha value is -4.51. The second-order valence-corrected chi connectivity index (χ2v) is 12.7. The van der Waals surface area contributed by atoms with Crippen LogP contribution in [0.2, 0.25) is 0 Å². The van der Waals surface area contributed by atoms with Gasteiger partial charge in [-0.15, -0.1) is 0 Å². The molecule has 2 unspecified atom stereocenters. The first-order valence-electron chi connectivity index (χ1n) is 15.2. The van der Waals surface area contributed by atoms with Crippen molar-refractivity contribution in [2.24, 2.45) is 41.2 Å². The number of benzene rings is 2. The molecule has 0 aromatic heterocycles. The minimum atomic E-state index is -2.74. The number of fused-ring (bicyclic) bond motifs is 3. The number of hydrogen-bond donors (Lipinski definition) is 4. The van der Waals surface area contributed by atoms with Gasteiger partial charge in [0.15, 0.2) is 34.7 Å². The highest BCUT2D eigenvalue weighted by atomic mass is 16.3. The summed E-state index contributed by atoms with van der Waals surface area (Å²) >= 11 is 0. The quantitative estimate of drug-likeness (QED) is 0.322. The van der Waals surface area contributed by atoms with Gasteiger partial charge in [0, 0.05) is 36.8 Å². The SMILES string of the molecule is CCC(=O)CCC(=O)Nc1ccc(-c2ccc(O)c3c2C[C@H]2C[C@H]4[C@H](C(C)C)C(=O)C(C(N)=O)C(=O)[C@@]4(O)C(=O)C2C3=O)cc1. The van der Waals surface area contributed by atoms with E-state index in [0.717, 1.165) is 0 Å². The second-order valence-electron chi connectivity index (χ2n) is 12.7. The summed E-state index contributed by atoms with van der Waals surface area (Å²) in [5.74, 6) is -12.5. The van der Waals surface area contributed by atoms with Gasteiger partial charge in [-0.1, -0.05) is 39.0 Å². The topological polar surface area (TPSA) is 198 Å². The first-order chi connectivity index (χ1) is 21.2. The number of phenols is 1. The highest BCUT2D eigenvalue weighted by Gasteiger charge is 2.69. The Labute approximate surface area is 259 Å². The molecule has 45 heavy (non-hydrogen) atoms. The predicted molar refractivity (Wildman–Crippen MR) is 161 cm³/mol. The maximum Gasteiger partial charge on any atom is 0.235 e. The molecule has 3 aliphatic rings. The Bertz CT molecular complexity index is 1640. The van der Waals surface area contributed by atoms with Crippen LogP contribution in [0.25, 0.3) is 11.1 Å². The fraction of sp³-hybridized carbons (Fsp3) is 0.441. The van der Waals surface area contributed by atoms with Crippen molar-refractivity contribution in [3.05, 3.63) is 47.5 Å². The van der Waals surface area contributed by atoms with Crippen LogP contribution in [0.15, 0.2) is 36.4 Å². The Balaban J connectivity index is 1.49. The molecule has 0 bridgehead atoms. The number of primary amides is 1. The lowest BCUT2D eigenvalue weighted by molar-refractivity contribution is -0.182. The third-order valence-electron chi connectivity index (χ3n) is 9.70. The van der Waals surface area contributed by atoms with Crippen molar-refractivity contribution >= 4 is 46.4 Å². The molecule has 0 radical (unpaired) electrons. The fourth-order valence-electron chi connectivity index (χ4n) is 7.51. The number of Topliss-reactive ketones (excluding diaryl/α,β-unsaturated/α-hetero) is 5. The average molecular weight is 617 g/mol. The van der Waals surface area contributed by atoms with Gasteiger partial charge in [-0.25, -0.2) is 0 Å². The molecule has 0 heterocycles. The van der Waals surface area contributed by atoms with Gasteiger partial charge in [0.25, 0.3) is 0 Å². The van der Waals surface area contributed by atoms with Gasteiger partial charge in [-0.2, -0.15) is 0 Å². The zero-order valence-electron chi connectivity index (χ0n) is 25.3. The summed E-state index contributed by atoms with van der Waals surface area (Å²) in [6, 6.07) is 9.80. The molecule has 5 N–H and O–H groups in total. The van der Waals surface area contributed by atoms with E-state index in [1.807, 2.05) is 0 Å². The predicted octanol–water partition coefficient (Wildman–Crippen LogP) is 2.57. The van der Waals surface area contributed by atoms with Gasteiger partial charge in [0.1, 0.15) is 11.5 Å². The van der Waals surface area contributed by atoms with E-state index < -0.39 is 70.1 Å². The van der Waals surface area contributed by atoms with E-state index in [9.17, 15) is 43.8 Å². The van der Waals surface area contributed by atoms with Gasteiger partial charge in [0.05, 0.1) is 11.5 Å². The Morgan fingerprint density at radius 2 is 1.67 bits per heavy atom. The molecular formula is C34H36N2O9. The van der Waals surface area contributed by atoms with Crippen molar-refractivity contribution in [2.45, 2.75) is 58.5 Å². The second kappa shape index (κ2) is 11.8. The molecule has 0 spiro atoms. The molecule has 3 aliphatic carbocycles. The standard InChI is InChI=1S/C34H36N2O9/c1-4-19(37)9-12-24(39)36-18-7-5-16(6-8-18)20-10-11-23(38)27-21(20)13-17-14-22-25(15(2)3)29(40)28(33(35)44)32(43)34(22,45)31(42)26(17)30(27)41/h5-8,10-11,15,17,22,25-26,28,38,45H,4,9,12-14H2,1-3H3,(H2,35,44)(H,36,39)/t17-,22-,25-,26?,28?,34-/m0/s1. The van der Waals surface area contributed by atoms with E-state index in [1.54, 1.807) is 51.1 Å². The Morgan fingerprint density at radius 3 is 2.27 bits per heavy atom. The molecule has 5 rings (SSSR count). The van der Waals surface area contributed by atoms with E-state index in [4.69, 9.17) is 5.73 Å². The van der Waals surface area contributed by atoms with Crippen LogP contribution in [0.3, 0.4) is 0 Å². The molecular weight excluding hydrogens is 580 g/mol. The van der Waals surface area contributed by atoms with Crippen LogP contribution < -0.4 is 11.1 Å². The van der Waals surface area contributed by atoms with E-state index >= 15 is 0 Å². The third-order valence-corrected chi connectivity index (χ3v) is 9.70. The smallest absolute Gasteiger partial charge is 0.235 e. The summed E-state index contributed by atoms with van der Waals surface area (Å²) in [7, 11) is 0. The molecule has 236 valence electrons. The van der Waals surface area contributed by atoms with E-state index in [0.29, 0.717) is 28.8 Å². The number of anilines is 1. The maximum absolute atomic E-state index is 14.0. The zero-order chi connectivity index (χ0) is 33.0. The number of ketones is 5. The number of nitrogens with one attached hydrogen (secondary N) is 1. The number of aromatic hydroxyl groups is 1. The van der Waals surface area contributed by atoms with Crippen LogP contribution in [0.4, 0.5) is 5.69 Å². The van der Waals surface area contributed by atoms with Gasteiger partial charge in [0.2, 0.25) is 11.8 Å². The molecule has 11 nitrogen and oxygen atoms in total. The highest BCUT2D eigenvalue weighted by Crippen LogP contribution is 2.53. The molecule has 11 heteroatoms. The third kappa shape index (κ3) is 5.18. The van der Waals surface area contributed by atoms with Gasteiger partial charge in [-0.3, -0.25) is 33.6 Å². The van der Waals surface area contributed by atoms with Crippen LogP contribution in [-0.4, -0.2) is 56.5 Å². The minimum absolute atomic E-state index is 0.00463. The maximum atomic E-state index is 14.0. The van der Waals surface area contributed by atoms with Crippen LogP contribution >= 0.6 is 0 Å². The molecule has 2 saturated carbocycles. The number of rotatable bonds is 8. The zero-order valence-corrected chi connectivity index (χ0v) is 25.3. The fourth-order valence-corrected chi connectivity index (χ4v) is 7.51. The van der Waals surface area contributed by atoms with E-state index in [2.05, 4.69) is 5.32 Å². The molecule has 6 atom stereocenters. The molecule has 2 aromatic carbocycles. The lowest BCUT2D eigenvalue weighted by Crippen LogP contribution is -2.71. The van der Waals surface area contributed by atoms with Gasteiger partial charge < -0.3 is 21.3 Å². The Kier molecular flexibility index (Phi) is 8.35. The van der Waals surface area contributed by atoms with Crippen LogP contribution in [0.1, 0.15) is 62.4 Å². The minimum Gasteiger partial charge on any atom is -0.507 e. The van der Waals surface area contributed by atoms with Crippen LogP contribution in [0.5, 0.6) is 5.75 Å². The van der Waals surface area contributed by atoms with E-state index in [-0.39, 0.29) is 48.7 Å². The molecule has 0 aliphatic heterocycles. The largest absolute Gasteiger partial charge is 0.507 e. The lowest BCUT2D eigenvalue weighted by atomic mass is 9.49. The van der Waals surface area contributed by atoms with Crippen molar-refractivity contribution in [1.29, 1.82) is 0 Å². The summed E-state index contributed by atoms with van der Waals surface area (Å²) in [5.41, 5.74) is 4.82. The molecule has 0 saturated heterocycles. The summed E-state index contributed by atoms with van der Waals surface area (Å²) in [4.78, 5) is 90.6. The number of hydrogen-bond acceptors (Lipinski definition) is 9. The number of carbonyl (C=O) groups excluding carboxylic acids is 7. The lowest BCUT2D eigenvalue weighted by Gasteiger charge is -2.52. The first kappa shape index (κ1) is 31.9. The number of aliphatic hydroxyl groups is 1. The molecule has 2 aromatic rings. The molecule has 2 amide bonds. The summed E-state index contributed by atoms with van der Waals surface area (Å²) in [6.07, 6.45) is 0.720. The van der Waals surface area contributed by atoms with Crippen molar-refractivity contribution in [3.8, 4) is 16.9 Å². The number of phenolic OH excluding ortho intramolecular Hbond substituents is 1. The highest BCUT2D eigenvalue weighted by molar-refractivity contribution is 6.32. The summed E-state index contributed by atoms with van der Waals surface area (Å²) in [5, 5.41) is 25.3.